The first-order valence-electron chi connectivity index (χ1n) is 2.38. The zero-order valence-electron chi connectivity index (χ0n) is 4.38. The van der Waals surface area contributed by atoms with Crippen molar-refractivity contribution >= 4 is 12.4 Å². The summed E-state index contributed by atoms with van der Waals surface area (Å²) in [5.41, 5.74) is 0. The van der Waals surface area contributed by atoms with E-state index in [4.69, 9.17) is 5.11 Å². The van der Waals surface area contributed by atoms with Crippen LogP contribution >= 0.6 is 12.4 Å². The molecule has 0 bridgehead atoms. The Morgan fingerprint density at radius 3 is 2.38 bits per heavy atom. The van der Waals surface area contributed by atoms with Gasteiger partial charge in [-0.3, -0.25) is 0 Å². The van der Waals surface area contributed by atoms with Crippen molar-refractivity contribution in [3.8, 4) is 0 Å². The van der Waals surface area contributed by atoms with Crippen molar-refractivity contribution < 1.29 is 9.59 Å². The van der Waals surface area contributed by atoms with Crippen LogP contribution in [0.4, 0.5) is 4.48 Å². The van der Waals surface area contributed by atoms with Gasteiger partial charge in [0.1, 0.15) is 0 Å². The Bertz CT molecular complexity index is 65.1. The summed E-state index contributed by atoms with van der Waals surface area (Å²) >= 11 is 0. The van der Waals surface area contributed by atoms with Crippen LogP contribution in [0.5, 0.6) is 0 Å². The lowest BCUT2D eigenvalue weighted by atomic mass is 10.3. The van der Waals surface area contributed by atoms with E-state index in [1.807, 2.05) is 0 Å². The van der Waals surface area contributed by atoms with Gasteiger partial charge in [-0.05, 0) is 6.42 Å². The van der Waals surface area contributed by atoms with E-state index in [9.17, 15) is 4.48 Å². The molecule has 0 saturated carbocycles. The van der Waals surface area contributed by atoms with Crippen LogP contribution in [0.2, 0.25) is 0 Å². The van der Waals surface area contributed by atoms with Gasteiger partial charge >= 0.3 is 0 Å². The molecule has 50 valence electrons. The van der Waals surface area contributed by atoms with Gasteiger partial charge in [-0.15, -0.1) is 22.0 Å². The van der Waals surface area contributed by atoms with Gasteiger partial charge < -0.3 is 5.11 Å². The van der Waals surface area contributed by atoms with Gasteiger partial charge in [0.2, 0.25) is 0 Å². The normalized spacial score (nSPS) is 30.0. The fourth-order valence-electron chi connectivity index (χ4n) is 0.700. The van der Waals surface area contributed by atoms with Crippen molar-refractivity contribution in [2.24, 2.45) is 0 Å². The molecular weight excluding hydrogens is 133 g/mol. The van der Waals surface area contributed by atoms with Crippen molar-refractivity contribution in [3.63, 3.8) is 0 Å². The van der Waals surface area contributed by atoms with Crippen LogP contribution in [-0.4, -0.2) is 29.4 Å². The minimum Gasteiger partial charge on any atom is -0.392 e. The third kappa shape index (κ3) is 1.94. The summed E-state index contributed by atoms with van der Waals surface area (Å²) < 4.78 is 11.8. The topological polar surface area (TPSA) is 23.5 Å². The monoisotopic (exact) mass is 141 g/mol. The van der Waals surface area contributed by atoms with Crippen LogP contribution in [0.25, 0.3) is 0 Å². The third-order valence-corrected chi connectivity index (χ3v) is 1.11. The summed E-state index contributed by atoms with van der Waals surface area (Å²) in [7, 11) is 0. The molecule has 0 radical (unpaired) electrons. The van der Waals surface area contributed by atoms with Crippen LogP contribution in [0.3, 0.4) is 0 Å². The number of halogens is 2. The minimum atomic E-state index is -0.426. The van der Waals surface area contributed by atoms with Crippen molar-refractivity contribution in [1.29, 1.82) is 0 Å². The molecule has 8 heavy (non-hydrogen) atoms. The fraction of sp³-hybridized carbons (Fsp3) is 1.00. The molecule has 1 unspecified atom stereocenters. The van der Waals surface area contributed by atoms with Crippen LogP contribution < -0.4 is 0 Å². The highest BCUT2D eigenvalue weighted by Crippen LogP contribution is 2.07. The third-order valence-electron chi connectivity index (χ3n) is 1.11. The number of β-amino-alcohol motifs (C(OH)–C–C–N with tert-alkyl or cyclic N) is 1. The standard InChI is InChI=1S/C4H8FNO.ClH/c5-6-2-1-4(7)3-6;/h4,7H,1-3H2;1H. The van der Waals surface area contributed by atoms with E-state index < -0.39 is 6.10 Å². The number of aliphatic hydroxyl groups is 1. The molecule has 0 aliphatic carbocycles. The van der Waals surface area contributed by atoms with E-state index in [1.54, 1.807) is 0 Å². The zero-order valence-corrected chi connectivity index (χ0v) is 5.20. The maximum Gasteiger partial charge on any atom is 0.0706 e. The summed E-state index contributed by atoms with van der Waals surface area (Å²) in [6, 6.07) is 0. The molecule has 0 amide bonds. The molecule has 1 heterocycles. The first-order valence-corrected chi connectivity index (χ1v) is 2.38. The van der Waals surface area contributed by atoms with Gasteiger partial charge in [0.15, 0.2) is 0 Å². The summed E-state index contributed by atoms with van der Waals surface area (Å²) in [6.45, 7) is 0.584. The Balaban J connectivity index is 0.000000490. The van der Waals surface area contributed by atoms with Crippen molar-refractivity contribution in [3.05, 3.63) is 0 Å². The number of hydrogen-bond acceptors (Lipinski definition) is 2. The average molecular weight is 142 g/mol. The molecule has 1 atom stereocenters. The Kier molecular flexibility index (Phi) is 3.28. The van der Waals surface area contributed by atoms with E-state index in [0.29, 0.717) is 18.1 Å². The number of aliphatic hydroxyl groups excluding tert-OH is 1. The fourth-order valence-corrected chi connectivity index (χ4v) is 0.700. The lowest BCUT2D eigenvalue weighted by Gasteiger charge is -1.96. The lowest BCUT2D eigenvalue weighted by molar-refractivity contribution is 0.0392. The second-order valence-corrected chi connectivity index (χ2v) is 1.81. The van der Waals surface area contributed by atoms with Crippen LogP contribution in [-0.2, 0) is 0 Å². The molecule has 1 aliphatic heterocycles. The Labute approximate surface area is 53.6 Å². The van der Waals surface area contributed by atoms with Crippen LogP contribution in [0, 0.1) is 0 Å². The Morgan fingerprint density at radius 2 is 2.25 bits per heavy atom. The molecule has 0 spiro atoms. The Hall–Kier alpha value is 0.140. The number of hydrogen-bond donors (Lipinski definition) is 1. The van der Waals surface area contributed by atoms with Crippen LogP contribution in [0.1, 0.15) is 6.42 Å². The second-order valence-electron chi connectivity index (χ2n) is 1.81. The molecular formula is C4H9ClFNO. The summed E-state index contributed by atoms with van der Waals surface area (Å²) in [6.07, 6.45) is 0.154. The molecule has 1 N–H and O–H groups in total. The lowest BCUT2D eigenvalue weighted by Crippen LogP contribution is -2.11. The second kappa shape index (κ2) is 3.22. The van der Waals surface area contributed by atoms with E-state index in [0.717, 1.165) is 0 Å². The highest BCUT2D eigenvalue weighted by molar-refractivity contribution is 5.85. The molecule has 1 saturated heterocycles. The van der Waals surface area contributed by atoms with Gasteiger partial charge in [-0.25, -0.2) is 0 Å². The molecule has 1 aliphatic rings. The van der Waals surface area contributed by atoms with Crippen molar-refractivity contribution in [1.82, 2.24) is 5.12 Å². The Morgan fingerprint density at radius 1 is 1.62 bits per heavy atom. The quantitative estimate of drug-likeness (QED) is 0.493. The van der Waals surface area contributed by atoms with E-state index >= 15 is 0 Å². The van der Waals surface area contributed by atoms with Crippen molar-refractivity contribution in [2.45, 2.75) is 12.5 Å². The summed E-state index contributed by atoms with van der Waals surface area (Å²) in [5.74, 6) is 0. The highest BCUT2D eigenvalue weighted by Gasteiger charge is 2.18. The summed E-state index contributed by atoms with van der Waals surface area (Å²) in [4.78, 5) is 0. The average Bonchev–Trinajstić information content (AvgIpc) is 1.87. The molecule has 0 aromatic heterocycles. The molecule has 0 aromatic rings. The first kappa shape index (κ1) is 8.14. The zero-order chi connectivity index (χ0) is 5.28. The van der Waals surface area contributed by atoms with Gasteiger partial charge in [0.25, 0.3) is 0 Å². The van der Waals surface area contributed by atoms with E-state index in [1.165, 1.54) is 0 Å². The van der Waals surface area contributed by atoms with Gasteiger partial charge in [0.05, 0.1) is 12.6 Å². The number of rotatable bonds is 0. The van der Waals surface area contributed by atoms with Gasteiger partial charge in [-0.1, -0.05) is 0 Å². The maximum atomic E-state index is 11.8. The summed E-state index contributed by atoms with van der Waals surface area (Å²) in [5, 5.41) is 9.25. The predicted molar refractivity (Wildman–Crippen MR) is 30.6 cm³/mol. The number of nitrogens with zero attached hydrogens (tertiary/aromatic N) is 1. The maximum absolute atomic E-state index is 11.8. The van der Waals surface area contributed by atoms with Gasteiger partial charge in [-0.2, -0.15) is 0 Å². The smallest absolute Gasteiger partial charge is 0.0706 e. The minimum absolute atomic E-state index is 0. The SMILES string of the molecule is Cl.OC1CCN(F)C1. The largest absolute Gasteiger partial charge is 0.392 e. The van der Waals surface area contributed by atoms with Crippen LogP contribution in [0.15, 0.2) is 0 Å². The molecule has 0 aromatic carbocycles. The van der Waals surface area contributed by atoms with Gasteiger partial charge in [0, 0.05) is 6.54 Å². The van der Waals surface area contributed by atoms with Crippen molar-refractivity contribution in [2.75, 3.05) is 13.1 Å². The molecule has 4 heteroatoms. The van der Waals surface area contributed by atoms with E-state index in [-0.39, 0.29) is 19.0 Å². The highest BCUT2D eigenvalue weighted by atomic mass is 35.5. The molecule has 1 fully saturated rings. The first-order chi connectivity index (χ1) is 3.29. The molecule has 2 nitrogen and oxygen atoms in total. The molecule has 1 rings (SSSR count). The predicted octanol–water partition coefficient (Wildman–Crippen LogP) is 0.359. The van der Waals surface area contributed by atoms with E-state index in [2.05, 4.69) is 0 Å².